The zero-order valence-corrected chi connectivity index (χ0v) is 16.2. The number of rotatable bonds is 5. The third-order valence-electron chi connectivity index (χ3n) is 5.37. The predicted molar refractivity (Wildman–Crippen MR) is 108 cm³/mol. The summed E-state index contributed by atoms with van der Waals surface area (Å²) in [5, 5.41) is 3.02. The van der Waals surface area contributed by atoms with E-state index in [-0.39, 0.29) is 23.7 Å². The van der Waals surface area contributed by atoms with Gasteiger partial charge in [-0.15, -0.1) is 0 Å². The SMILES string of the molecule is Cc1cccc(NC(=O)C2CCC(C(=O)N(C)Cc3ccccc3)CC2)c1. The van der Waals surface area contributed by atoms with Crippen LogP contribution in [0.2, 0.25) is 0 Å². The van der Waals surface area contributed by atoms with Crippen molar-refractivity contribution in [2.75, 3.05) is 12.4 Å². The van der Waals surface area contributed by atoms with Gasteiger partial charge in [0.25, 0.3) is 0 Å². The molecule has 1 aliphatic rings. The molecule has 1 fully saturated rings. The zero-order chi connectivity index (χ0) is 19.2. The average molecular weight is 364 g/mol. The number of anilines is 1. The third kappa shape index (κ3) is 5.19. The topological polar surface area (TPSA) is 49.4 Å². The Labute approximate surface area is 161 Å². The molecule has 2 amide bonds. The van der Waals surface area contributed by atoms with E-state index in [0.717, 1.165) is 42.5 Å². The Morgan fingerprint density at radius 3 is 2.30 bits per heavy atom. The van der Waals surface area contributed by atoms with Crippen LogP contribution in [0.15, 0.2) is 54.6 Å². The van der Waals surface area contributed by atoms with E-state index in [9.17, 15) is 9.59 Å². The van der Waals surface area contributed by atoms with Crippen LogP contribution < -0.4 is 5.32 Å². The van der Waals surface area contributed by atoms with E-state index in [4.69, 9.17) is 0 Å². The summed E-state index contributed by atoms with van der Waals surface area (Å²) in [6.45, 7) is 2.64. The molecular weight excluding hydrogens is 336 g/mol. The quantitative estimate of drug-likeness (QED) is 0.855. The highest BCUT2D eigenvalue weighted by atomic mass is 16.2. The van der Waals surface area contributed by atoms with Crippen LogP contribution in [0, 0.1) is 18.8 Å². The Bertz CT molecular complexity index is 780. The molecule has 1 aliphatic carbocycles. The molecule has 0 spiro atoms. The van der Waals surface area contributed by atoms with Gasteiger partial charge in [-0.3, -0.25) is 9.59 Å². The van der Waals surface area contributed by atoms with Crippen molar-refractivity contribution in [3.05, 3.63) is 65.7 Å². The molecule has 142 valence electrons. The van der Waals surface area contributed by atoms with Gasteiger partial charge < -0.3 is 10.2 Å². The van der Waals surface area contributed by atoms with E-state index in [1.165, 1.54) is 0 Å². The minimum Gasteiger partial charge on any atom is -0.341 e. The summed E-state index contributed by atoms with van der Waals surface area (Å²) in [4.78, 5) is 27.1. The fraction of sp³-hybridized carbons (Fsp3) is 0.391. The van der Waals surface area contributed by atoms with Gasteiger partial charge in [-0.05, 0) is 55.9 Å². The number of hydrogen-bond donors (Lipinski definition) is 1. The van der Waals surface area contributed by atoms with Crippen molar-refractivity contribution < 1.29 is 9.59 Å². The maximum atomic E-state index is 12.7. The van der Waals surface area contributed by atoms with Crippen molar-refractivity contribution in [2.45, 2.75) is 39.2 Å². The van der Waals surface area contributed by atoms with Gasteiger partial charge in [0, 0.05) is 31.1 Å². The van der Waals surface area contributed by atoms with Crippen LogP contribution >= 0.6 is 0 Å². The molecule has 2 aromatic carbocycles. The van der Waals surface area contributed by atoms with Crippen LogP contribution in [0.3, 0.4) is 0 Å². The number of amides is 2. The molecule has 0 heterocycles. The summed E-state index contributed by atoms with van der Waals surface area (Å²) < 4.78 is 0. The van der Waals surface area contributed by atoms with Crippen LogP contribution in [-0.4, -0.2) is 23.8 Å². The molecule has 0 radical (unpaired) electrons. The molecule has 4 nitrogen and oxygen atoms in total. The van der Waals surface area contributed by atoms with Gasteiger partial charge in [-0.25, -0.2) is 0 Å². The van der Waals surface area contributed by atoms with Gasteiger partial charge in [0.15, 0.2) is 0 Å². The monoisotopic (exact) mass is 364 g/mol. The van der Waals surface area contributed by atoms with Gasteiger partial charge in [0.2, 0.25) is 11.8 Å². The second-order valence-electron chi connectivity index (χ2n) is 7.59. The van der Waals surface area contributed by atoms with Crippen LogP contribution in [0.25, 0.3) is 0 Å². The smallest absolute Gasteiger partial charge is 0.227 e. The first-order valence-corrected chi connectivity index (χ1v) is 9.69. The number of benzene rings is 2. The minimum atomic E-state index is -0.00556. The molecule has 0 aliphatic heterocycles. The first-order chi connectivity index (χ1) is 13.0. The van der Waals surface area contributed by atoms with E-state index in [0.29, 0.717) is 6.54 Å². The highest BCUT2D eigenvalue weighted by molar-refractivity contribution is 5.92. The lowest BCUT2D eigenvalue weighted by Gasteiger charge is -2.30. The summed E-state index contributed by atoms with van der Waals surface area (Å²) in [6, 6.07) is 17.9. The predicted octanol–water partition coefficient (Wildman–Crippen LogP) is 4.40. The largest absolute Gasteiger partial charge is 0.341 e. The summed E-state index contributed by atoms with van der Waals surface area (Å²) in [5.41, 5.74) is 3.11. The molecule has 4 heteroatoms. The lowest BCUT2D eigenvalue weighted by molar-refractivity contribution is -0.137. The maximum absolute atomic E-state index is 12.7. The first kappa shape index (κ1) is 19.2. The van der Waals surface area contributed by atoms with Crippen molar-refractivity contribution in [2.24, 2.45) is 11.8 Å². The second-order valence-corrected chi connectivity index (χ2v) is 7.59. The van der Waals surface area contributed by atoms with E-state index < -0.39 is 0 Å². The zero-order valence-electron chi connectivity index (χ0n) is 16.2. The minimum absolute atomic E-state index is 0.00556. The Morgan fingerprint density at radius 1 is 0.963 bits per heavy atom. The Kier molecular flexibility index (Phi) is 6.28. The number of hydrogen-bond acceptors (Lipinski definition) is 2. The van der Waals surface area contributed by atoms with Crippen LogP contribution in [-0.2, 0) is 16.1 Å². The highest BCUT2D eigenvalue weighted by Gasteiger charge is 2.31. The molecule has 3 rings (SSSR count). The van der Waals surface area contributed by atoms with Crippen molar-refractivity contribution >= 4 is 17.5 Å². The van der Waals surface area contributed by atoms with Crippen LogP contribution in [0.1, 0.15) is 36.8 Å². The van der Waals surface area contributed by atoms with E-state index in [1.54, 1.807) is 0 Å². The van der Waals surface area contributed by atoms with Crippen LogP contribution in [0.4, 0.5) is 5.69 Å². The molecular formula is C23H28N2O2. The van der Waals surface area contributed by atoms with Gasteiger partial charge in [-0.2, -0.15) is 0 Å². The lowest BCUT2D eigenvalue weighted by atomic mass is 9.81. The molecule has 0 saturated heterocycles. The number of nitrogens with one attached hydrogen (secondary N) is 1. The fourth-order valence-electron chi connectivity index (χ4n) is 3.82. The molecule has 0 unspecified atom stereocenters. The van der Waals surface area contributed by atoms with Gasteiger partial charge in [0.1, 0.15) is 0 Å². The Hall–Kier alpha value is -2.62. The first-order valence-electron chi connectivity index (χ1n) is 9.69. The van der Waals surface area contributed by atoms with E-state index in [2.05, 4.69) is 5.32 Å². The summed E-state index contributed by atoms with van der Waals surface area (Å²) in [6.07, 6.45) is 3.11. The fourth-order valence-corrected chi connectivity index (χ4v) is 3.82. The molecule has 2 aromatic rings. The van der Waals surface area contributed by atoms with Crippen molar-refractivity contribution in [3.63, 3.8) is 0 Å². The maximum Gasteiger partial charge on any atom is 0.227 e. The standard InChI is InChI=1S/C23H28N2O2/c1-17-7-6-10-21(15-17)24-22(26)19-11-13-20(14-12-19)23(27)25(2)16-18-8-4-3-5-9-18/h3-10,15,19-20H,11-14,16H2,1-2H3,(H,24,26). The number of carbonyl (C=O) groups is 2. The number of nitrogens with zero attached hydrogens (tertiary/aromatic N) is 1. The average Bonchev–Trinajstić information content (AvgIpc) is 2.68. The van der Waals surface area contributed by atoms with E-state index in [1.807, 2.05) is 73.5 Å². The van der Waals surface area contributed by atoms with Crippen molar-refractivity contribution in [1.82, 2.24) is 4.90 Å². The summed E-state index contributed by atoms with van der Waals surface area (Å²) in [5.74, 6) is 0.288. The Balaban J connectivity index is 1.49. The van der Waals surface area contributed by atoms with Gasteiger partial charge >= 0.3 is 0 Å². The molecule has 27 heavy (non-hydrogen) atoms. The molecule has 0 aromatic heterocycles. The Morgan fingerprint density at radius 2 is 1.63 bits per heavy atom. The molecule has 1 saturated carbocycles. The van der Waals surface area contributed by atoms with Crippen molar-refractivity contribution in [1.29, 1.82) is 0 Å². The normalized spacial score (nSPS) is 19.3. The van der Waals surface area contributed by atoms with Gasteiger partial charge in [-0.1, -0.05) is 42.5 Å². The van der Waals surface area contributed by atoms with Gasteiger partial charge in [0.05, 0.1) is 0 Å². The number of carbonyl (C=O) groups excluding carboxylic acids is 2. The number of aryl methyl sites for hydroxylation is 1. The van der Waals surface area contributed by atoms with E-state index >= 15 is 0 Å². The van der Waals surface area contributed by atoms with Crippen molar-refractivity contribution in [3.8, 4) is 0 Å². The summed E-state index contributed by atoms with van der Waals surface area (Å²) >= 11 is 0. The highest BCUT2D eigenvalue weighted by Crippen LogP contribution is 2.31. The van der Waals surface area contributed by atoms with Crippen LogP contribution in [0.5, 0.6) is 0 Å². The molecule has 0 bridgehead atoms. The third-order valence-corrected chi connectivity index (χ3v) is 5.37. The summed E-state index contributed by atoms with van der Waals surface area (Å²) in [7, 11) is 1.87. The molecule has 0 atom stereocenters. The second kappa shape index (κ2) is 8.85. The lowest BCUT2D eigenvalue weighted by Crippen LogP contribution is -2.36. The molecule has 1 N–H and O–H groups in total.